The first-order valence-electron chi connectivity index (χ1n) is 10.1. The standard InChI is InChI=1S/C22H23BrN4O2S/c1-2-3-4-5-12-30-22-25-21(29)19-17-13-15(23)8-11-18(17)24-20(27(19)26-22)14-6-9-16(28)10-7-14/h6-11,13,20,28H,2-5,12H2,1H3,(H,25,26,29). The summed E-state index contributed by atoms with van der Waals surface area (Å²) >= 11 is 5.05. The number of phenolic OH excluding ortho intramolecular Hbond substituents is 1. The van der Waals surface area contributed by atoms with Crippen LogP contribution in [0.3, 0.4) is 0 Å². The van der Waals surface area contributed by atoms with Crippen molar-refractivity contribution >= 4 is 44.5 Å². The van der Waals surface area contributed by atoms with Crippen LogP contribution in [0.15, 0.2) is 57.0 Å². The minimum absolute atomic E-state index is 0.181. The molecule has 0 saturated heterocycles. The van der Waals surface area contributed by atoms with E-state index in [4.69, 9.17) is 10.1 Å². The fourth-order valence-electron chi connectivity index (χ4n) is 3.48. The van der Waals surface area contributed by atoms with Crippen LogP contribution in [0.1, 0.15) is 44.3 Å². The predicted octanol–water partition coefficient (Wildman–Crippen LogP) is 3.61. The van der Waals surface area contributed by atoms with Crippen LogP contribution < -0.4 is 15.9 Å². The summed E-state index contributed by atoms with van der Waals surface area (Å²) in [5.74, 6) is 0.913. The summed E-state index contributed by atoms with van der Waals surface area (Å²) < 4.78 is 0.875. The number of unbranched alkanes of at least 4 members (excludes halogenated alkanes) is 3. The maximum Gasteiger partial charge on any atom is 0.276 e. The summed E-state index contributed by atoms with van der Waals surface area (Å²) in [6, 6.07) is 12.6. The predicted molar refractivity (Wildman–Crippen MR) is 123 cm³/mol. The Bertz CT molecular complexity index is 1100. The van der Waals surface area contributed by atoms with Gasteiger partial charge in [-0.25, -0.2) is 5.01 Å². The molecule has 1 amide bonds. The largest absolute Gasteiger partial charge is 0.508 e. The van der Waals surface area contributed by atoms with Crippen LogP contribution in [0.5, 0.6) is 5.75 Å². The van der Waals surface area contributed by atoms with Crippen LogP contribution in [0.4, 0.5) is 0 Å². The second kappa shape index (κ2) is 9.22. The van der Waals surface area contributed by atoms with Crippen LogP contribution in [0.25, 0.3) is 5.70 Å². The van der Waals surface area contributed by atoms with Gasteiger partial charge in [0.1, 0.15) is 11.4 Å². The van der Waals surface area contributed by atoms with Crippen molar-refractivity contribution in [3.05, 3.63) is 63.1 Å². The van der Waals surface area contributed by atoms with E-state index in [-0.39, 0.29) is 11.7 Å². The van der Waals surface area contributed by atoms with Gasteiger partial charge >= 0.3 is 0 Å². The van der Waals surface area contributed by atoms with E-state index in [1.54, 1.807) is 28.9 Å². The van der Waals surface area contributed by atoms with Gasteiger partial charge in [-0.3, -0.25) is 15.1 Å². The van der Waals surface area contributed by atoms with Gasteiger partial charge in [0.25, 0.3) is 5.91 Å². The van der Waals surface area contributed by atoms with E-state index in [9.17, 15) is 9.90 Å². The van der Waals surface area contributed by atoms with E-state index >= 15 is 0 Å². The normalized spacial score (nSPS) is 17.6. The van der Waals surface area contributed by atoms with Crippen molar-refractivity contribution < 1.29 is 9.90 Å². The molecule has 2 heterocycles. The number of carbonyl (C=O) groups excluding carboxylic acids is 1. The molecule has 0 bridgehead atoms. The minimum atomic E-state index is -0.476. The number of rotatable bonds is 6. The molecule has 1 unspecified atom stereocenters. The molecule has 0 spiro atoms. The zero-order valence-corrected chi connectivity index (χ0v) is 19.0. The van der Waals surface area contributed by atoms with Gasteiger partial charge in [-0.05, 0) is 42.3 Å². The molecule has 1 atom stereocenters. The van der Waals surface area contributed by atoms with Gasteiger partial charge in [0.15, 0.2) is 11.3 Å². The average Bonchev–Trinajstić information content (AvgIpc) is 2.73. The molecule has 30 heavy (non-hydrogen) atoms. The zero-order valence-electron chi connectivity index (χ0n) is 16.6. The number of halogens is 1. The van der Waals surface area contributed by atoms with Crippen molar-refractivity contribution in [3.63, 3.8) is 0 Å². The number of benzene rings is 2. The zero-order chi connectivity index (χ0) is 21.1. The molecule has 8 heteroatoms. The number of aromatic hydroxyl groups is 1. The van der Waals surface area contributed by atoms with Crippen LogP contribution in [0, 0.1) is 0 Å². The van der Waals surface area contributed by atoms with E-state index in [1.165, 1.54) is 19.3 Å². The van der Waals surface area contributed by atoms with Crippen molar-refractivity contribution in [2.24, 2.45) is 10.1 Å². The van der Waals surface area contributed by atoms with Crippen molar-refractivity contribution in [2.45, 2.75) is 38.8 Å². The number of hydrazone groups is 1. The molecule has 0 radical (unpaired) electrons. The summed E-state index contributed by atoms with van der Waals surface area (Å²) in [6.07, 6.45) is 4.20. The van der Waals surface area contributed by atoms with Gasteiger partial charge in [-0.2, -0.15) is 0 Å². The lowest BCUT2D eigenvalue weighted by Crippen LogP contribution is -2.50. The van der Waals surface area contributed by atoms with Crippen LogP contribution in [-0.4, -0.2) is 26.9 Å². The number of nitrogens with zero attached hydrogens (tertiary/aromatic N) is 3. The topological polar surface area (TPSA) is 77.3 Å². The molecule has 4 rings (SSSR count). The Balaban J connectivity index is 1.73. The molecule has 0 aromatic heterocycles. The number of amides is 1. The maximum absolute atomic E-state index is 13.1. The van der Waals surface area contributed by atoms with E-state index < -0.39 is 6.17 Å². The van der Waals surface area contributed by atoms with Crippen LogP contribution in [0.2, 0.25) is 0 Å². The molecule has 2 aromatic rings. The molecule has 2 aliphatic rings. The number of hydrogen-bond donors (Lipinski definition) is 2. The fourth-order valence-corrected chi connectivity index (χ4v) is 4.69. The highest BCUT2D eigenvalue weighted by Gasteiger charge is 2.34. The molecule has 2 aliphatic heterocycles. The Kier molecular flexibility index (Phi) is 6.43. The van der Waals surface area contributed by atoms with E-state index in [0.717, 1.165) is 32.8 Å². The van der Waals surface area contributed by atoms with Crippen molar-refractivity contribution in [1.29, 1.82) is 0 Å². The van der Waals surface area contributed by atoms with Crippen molar-refractivity contribution in [3.8, 4) is 5.75 Å². The smallest absolute Gasteiger partial charge is 0.276 e. The first kappa shape index (κ1) is 20.9. The second-order valence-electron chi connectivity index (χ2n) is 7.22. The number of fused-ring (bicyclic) bond motifs is 2. The number of nitrogens with one attached hydrogen (secondary N) is 1. The van der Waals surface area contributed by atoms with E-state index in [1.807, 2.05) is 30.3 Å². The summed E-state index contributed by atoms with van der Waals surface area (Å²) in [4.78, 5) is 18.0. The second-order valence-corrected chi connectivity index (χ2v) is 9.22. The summed E-state index contributed by atoms with van der Waals surface area (Å²) in [6.45, 7) is 2.19. The van der Waals surface area contributed by atoms with Crippen molar-refractivity contribution in [2.75, 3.05) is 5.75 Å². The molecular weight excluding hydrogens is 464 g/mol. The van der Waals surface area contributed by atoms with Gasteiger partial charge in [0, 0.05) is 15.4 Å². The molecule has 0 fully saturated rings. The van der Waals surface area contributed by atoms with Gasteiger partial charge < -0.3 is 5.11 Å². The van der Waals surface area contributed by atoms with E-state index in [2.05, 4.69) is 28.2 Å². The Labute approximate surface area is 187 Å². The highest BCUT2D eigenvalue weighted by molar-refractivity contribution is 9.10. The molecule has 0 aliphatic carbocycles. The third-order valence-corrected chi connectivity index (χ3v) is 6.44. The number of amidine groups is 1. The number of carbonyl (C=O) groups is 1. The Morgan fingerprint density at radius 1 is 1.17 bits per heavy atom. The molecule has 2 aromatic carbocycles. The third kappa shape index (κ3) is 4.39. The number of thioether (sulfide) groups is 1. The van der Waals surface area contributed by atoms with Gasteiger partial charge in [-0.15, -0.1) is 5.10 Å². The lowest BCUT2D eigenvalue weighted by Gasteiger charge is -2.34. The maximum atomic E-state index is 13.1. The van der Waals surface area contributed by atoms with Gasteiger partial charge in [0.05, 0.1) is 5.36 Å². The first-order chi connectivity index (χ1) is 14.6. The quantitative estimate of drug-likeness (QED) is 0.611. The molecule has 156 valence electrons. The van der Waals surface area contributed by atoms with Crippen molar-refractivity contribution in [1.82, 2.24) is 10.3 Å². The monoisotopic (exact) mass is 486 g/mol. The lowest BCUT2D eigenvalue weighted by molar-refractivity contribution is -0.116. The first-order valence-corrected chi connectivity index (χ1v) is 11.8. The van der Waals surface area contributed by atoms with Crippen LogP contribution >= 0.6 is 27.7 Å². The Hall–Kier alpha value is -2.32. The summed E-state index contributed by atoms with van der Waals surface area (Å²) in [5.41, 5.74) is 1.33. The SMILES string of the molecule is CCCCCCSC1=NN2C(=c3cc(Br)ccc3=NC2c2ccc(O)cc2)C(=O)N1. The molecular formula is C22H23BrN4O2S. The minimum Gasteiger partial charge on any atom is -0.508 e. The number of phenols is 1. The highest BCUT2D eigenvalue weighted by Crippen LogP contribution is 2.31. The summed E-state index contributed by atoms with van der Waals surface area (Å²) in [5, 5.41) is 21.1. The van der Waals surface area contributed by atoms with Crippen LogP contribution in [-0.2, 0) is 4.79 Å². The fraction of sp³-hybridized carbons (Fsp3) is 0.318. The third-order valence-electron chi connectivity index (χ3n) is 5.00. The van der Waals surface area contributed by atoms with Gasteiger partial charge in [-0.1, -0.05) is 66.0 Å². The highest BCUT2D eigenvalue weighted by atomic mass is 79.9. The molecule has 2 N–H and O–H groups in total. The van der Waals surface area contributed by atoms with Gasteiger partial charge in [0.2, 0.25) is 0 Å². The summed E-state index contributed by atoms with van der Waals surface area (Å²) in [7, 11) is 0. The molecule has 6 nitrogen and oxygen atoms in total. The Morgan fingerprint density at radius 2 is 1.97 bits per heavy atom. The average molecular weight is 487 g/mol. The van der Waals surface area contributed by atoms with E-state index in [0.29, 0.717) is 10.9 Å². The molecule has 0 saturated carbocycles. The lowest BCUT2D eigenvalue weighted by atomic mass is 10.1. The number of hydrogen-bond acceptors (Lipinski definition) is 6. The Morgan fingerprint density at radius 3 is 2.73 bits per heavy atom.